The number of hydrogen-bond donors (Lipinski definition) is 0. The van der Waals surface area contributed by atoms with E-state index in [-0.39, 0.29) is 11.8 Å². The fourth-order valence-electron chi connectivity index (χ4n) is 8.04. The van der Waals surface area contributed by atoms with Gasteiger partial charge in [0.05, 0.1) is 33.5 Å². The minimum absolute atomic E-state index is 0.326. The first-order valence-electron chi connectivity index (χ1n) is 17.3. The highest BCUT2D eigenvalue weighted by Gasteiger charge is 2.39. The summed E-state index contributed by atoms with van der Waals surface area (Å²) in [6.45, 7) is 6.45. The lowest BCUT2D eigenvalue weighted by molar-refractivity contribution is 0.0926. The molecule has 7 aromatic carbocycles. The van der Waals surface area contributed by atoms with E-state index in [9.17, 15) is 9.59 Å². The first-order valence-corrected chi connectivity index (χ1v) is 17.3. The van der Waals surface area contributed by atoms with Gasteiger partial charge < -0.3 is 4.57 Å². The number of carbonyl (C=O) groups is 2. The fraction of sp³-hybridized carbons (Fsp3) is 0.0638. The van der Waals surface area contributed by atoms with Gasteiger partial charge in [-0.1, -0.05) is 115 Å². The molecular formula is C47H34N2O2. The van der Waals surface area contributed by atoms with E-state index in [1.807, 2.05) is 97.1 Å². The first-order chi connectivity index (χ1) is 24.9. The molecule has 8 aromatic rings. The highest BCUT2D eigenvalue weighted by molar-refractivity contribution is 6.36. The number of benzene rings is 7. The van der Waals surface area contributed by atoms with Gasteiger partial charge in [-0.25, -0.2) is 4.90 Å². The van der Waals surface area contributed by atoms with E-state index in [2.05, 4.69) is 73.9 Å². The molecule has 244 valence electrons. The van der Waals surface area contributed by atoms with Gasteiger partial charge in [-0.15, -0.1) is 0 Å². The average Bonchev–Trinajstić information content (AvgIpc) is 3.61. The smallest absolute Gasteiger partial charge is 0.268 e. The number of carbonyl (C=O) groups excluding carboxylic acids is 2. The number of hydrogen-bond acceptors (Lipinski definition) is 2. The van der Waals surface area contributed by atoms with E-state index in [0.29, 0.717) is 22.5 Å². The van der Waals surface area contributed by atoms with Crippen molar-refractivity contribution in [2.45, 2.75) is 20.8 Å². The largest absolute Gasteiger partial charge is 0.308 e. The third kappa shape index (κ3) is 4.91. The van der Waals surface area contributed by atoms with Crippen LogP contribution in [0.25, 0.3) is 60.9 Å². The Labute approximate surface area is 296 Å². The lowest BCUT2D eigenvalue weighted by Gasteiger charge is -2.18. The van der Waals surface area contributed by atoms with E-state index in [0.717, 1.165) is 49.6 Å². The van der Waals surface area contributed by atoms with Crippen LogP contribution >= 0.6 is 0 Å². The highest BCUT2D eigenvalue weighted by Crippen LogP contribution is 2.41. The number of anilines is 1. The lowest BCUT2D eigenvalue weighted by Crippen LogP contribution is -2.29. The zero-order chi connectivity index (χ0) is 34.8. The second-order valence-corrected chi connectivity index (χ2v) is 13.5. The van der Waals surface area contributed by atoms with Gasteiger partial charge in [0.15, 0.2) is 0 Å². The molecule has 0 N–H and O–H groups in total. The summed E-state index contributed by atoms with van der Waals surface area (Å²) in [7, 11) is 0. The molecule has 0 fully saturated rings. The molecule has 0 atom stereocenters. The SMILES string of the molecule is Cc1cc(C)c(-c2ccc3c4ccccc4n(-c4cccc5c4C(=O)N(c4cc(-c6ccccc6)cc(-c6ccccc6)c4)C5=O)c3c2)c(C)c1. The Morgan fingerprint density at radius 1 is 0.431 bits per heavy atom. The first kappa shape index (κ1) is 30.5. The number of amides is 2. The third-order valence-corrected chi connectivity index (χ3v) is 10.2. The maximum Gasteiger partial charge on any atom is 0.268 e. The third-order valence-electron chi connectivity index (χ3n) is 10.2. The lowest BCUT2D eigenvalue weighted by atomic mass is 9.93. The molecule has 0 aliphatic carbocycles. The summed E-state index contributed by atoms with van der Waals surface area (Å²) in [4.78, 5) is 30.5. The van der Waals surface area contributed by atoms with E-state index in [4.69, 9.17) is 0 Å². The molecule has 51 heavy (non-hydrogen) atoms. The molecule has 0 unspecified atom stereocenters. The zero-order valence-corrected chi connectivity index (χ0v) is 28.6. The molecule has 2 heterocycles. The Hall–Kier alpha value is -6.52. The van der Waals surface area contributed by atoms with Crippen LogP contribution in [-0.2, 0) is 0 Å². The molecular weight excluding hydrogens is 625 g/mol. The van der Waals surface area contributed by atoms with Crippen LogP contribution in [-0.4, -0.2) is 16.4 Å². The number of imide groups is 1. The zero-order valence-electron chi connectivity index (χ0n) is 28.6. The monoisotopic (exact) mass is 658 g/mol. The Morgan fingerprint density at radius 3 is 1.71 bits per heavy atom. The van der Waals surface area contributed by atoms with Crippen LogP contribution in [0.1, 0.15) is 37.4 Å². The van der Waals surface area contributed by atoms with Crippen molar-refractivity contribution in [2.24, 2.45) is 0 Å². The van der Waals surface area contributed by atoms with Gasteiger partial charge in [0, 0.05) is 10.8 Å². The molecule has 4 heteroatoms. The molecule has 4 nitrogen and oxygen atoms in total. The van der Waals surface area contributed by atoms with E-state index in [1.54, 1.807) is 6.07 Å². The Balaban J connectivity index is 1.24. The van der Waals surface area contributed by atoms with Crippen molar-refractivity contribution in [3.8, 4) is 39.1 Å². The van der Waals surface area contributed by atoms with Crippen molar-refractivity contribution >= 4 is 39.3 Å². The predicted molar refractivity (Wildman–Crippen MR) is 209 cm³/mol. The van der Waals surface area contributed by atoms with E-state index >= 15 is 0 Å². The summed E-state index contributed by atoms with van der Waals surface area (Å²) in [6.07, 6.45) is 0. The second kappa shape index (κ2) is 11.8. The Bertz CT molecular complexity index is 2620. The fourth-order valence-corrected chi connectivity index (χ4v) is 8.04. The molecule has 2 amide bonds. The summed E-state index contributed by atoms with van der Waals surface area (Å²) >= 11 is 0. The Kier molecular flexibility index (Phi) is 7.08. The maximum absolute atomic E-state index is 14.8. The topological polar surface area (TPSA) is 42.3 Å². The number of aryl methyl sites for hydroxylation is 3. The minimum Gasteiger partial charge on any atom is -0.308 e. The van der Waals surface area contributed by atoms with Gasteiger partial charge in [-0.05, 0) is 108 Å². The van der Waals surface area contributed by atoms with Crippen LogP contribution < -0.4 is 4.90 Å². The van der Waals surface area contributed by atoms with Crippen LogP contribution in [0, 0.1) is 20.8 Å². The summed E-state index contributed by atoms with van der Waals surface area (Å²) in [5.74, 6) is -0.657. The van der Waals surface area contributed by atoms with Crippen LogP contribution in [0.4, 0.5) is 5.69 Å². The number of nitrogens with zero attached hydrogens (tertiary/aromatic N) is 2. The standard InChI is InChI=1S/C47H34N2O2/c1-29-23-30(2)44(31(3)24-29)34-21-22-39-38-17-10-11-19-41(38)49(43(39)28-34)42-20-12-18-40-45(42)47(51)48(46(40)50)37-26-35(32-13-6-4-7-14-32)25-36(27-37)33-15-8-5-9-16-33/h4-28H,1-3H3. The van der Waals surface area contributed by atoms with Gasteiger partial charge >= 0.3 is 0 Å². The van der Waals surface area contributed by atoms with Crippen molar-refractivity contribution in [3.63, 3.8) is 0 Å². The number of rotatable bonds is 5. The maximum atomic E-state index is 14.8. The van der Waals surface area contributed by atoms with Crippen molar-refractivity contribution in [1.82, 2.24) is 4.57 Å². The van der Waals surface area contributed by atoms with Gasteiger partial charge in [0.1, 0.15) is 0 Å². The number of fused-ring (bicyclic) bond motifs is 4. The van der Waals surface area contributed by atoms with E-state index < -0.39 is 0 Å². The molecule has 0 saturated carbocycles. The van der Waals surface area contributed by atoms with Crippen LogP contribution in [0.2, 0.25) is 0 Å². The highest BCUT2D eigenvalue weighted by atomic mass is 16.2. The van der Waals surface area contributed by atoms with Crippen LogP contribution in [0.5, 0.6) is 0 Å². The molecule has 0 radical (unpaired) electrons. The van der Waals surface area contributed by atoms with Crippen molar-refractivity contribution in [3.05, 3.63) is 179 Å². The normalized spacial score (nSPS) is 12.6. The van der Waals surface area contributed by atoms with Crippen LogP contribution in [0.15, 0.2) is 152 Å². The van der Waals surface area contributed by atoms with Crippen molar-refractivity contribution in [1.29, 1.82) is 0 Å². The van der Waals surface area contributed by atoms with Gasteiger partial charge in [-0.2, -0.15) is 0 Å². The molecule has 1 aromatic heterocycles. The number of para-hydroxylation sites is 1. The van der Waals surface area contributed by atoms with E-state index in [1.165, 1.54) is 27.2 Å². The molecule has 0 bridgehead atoms. The minimum atomic E-state index is -0.331. The molecule has 0 spiro atoms. The van der Waals surface area contributed by atoms with Crippen LogP contribution in [0.3, 0.4) is 0 Å². The quantitative estimate of drug-likeness (QED) is 0.173. The number of aromatic nitrogens is 1. The molecule has 9 rings (SSSR count). The van der Waals surface area contributed by atoms with Crippen molar-refractivity contribution in [2.75, 3.05) is 4.90 Å². The summed E-state index contributed by atoms with van der Waals surface area (Å²) < 4.78 is 2.16. The van der Waals surface area contributed by atoms with Crippen molar-refractivity contribution < 1.29 is 9.59 Å². The molecule has 1 aliphatic heterocycles. The summed E-state index contributed by atoms with van der Waals surface area (Å²) in [5, 5.41) is 2.18. The summed E-state index contributed by atoms with van der Waals surface area (Å²) in [5.41, 5.74) is 13.9. The Morgan fingerprint density at radius 2 is 1.04 bits per heavy atom. The average molecular weight is 659 g/mol. The van der Waals surface area contributed by atoms with Gasteiger partial charge in [0.25, 0.3) is 11.8 Å². The second-order valence-electron chi connectivity index (χ2n) is 13.5. The van der Waals surface area contributed by atoms with Gasteiger partial charge in [0.2, 0.25) is 0 Å². The predicted octanol–water partition coefficient (Wildman–Crippen LogP) is 11.5. The molecule has 0 saturated heterocycles. The molecule has 1 aliphatic rings. The van der Waals surface area contributed by atoms with Gasteiger partial charge in [-0.3, -0.25) is 9.59 Å². The summed E-state index contributed by atoms with van der Waals surface area (Å²) in [6, 6.07) is 51.1.